The molecular formula is C15H19Cl2N3. The van der Waals surface area contributed by atoms with Crippen LogP contribution in [0.2, 0.25) is 10.2 Å². The molecule has 0 saturated carbocycles. The number of rotatable bonds is 4. The fourth-order valence-electron chi connectivity index (χ4n) is 2.32. The van der Waals surface area contributed by atoms with Crippen LogP contribution in [-0.2, 0) is 13.0 Å². The minimum atomic E-state index is 0.340. The van der Waals surface area contributed by atoms with Gasteiger partial charge in [0.15, 0.2) is 0 Å². The molecule has 108 valence electrons. The second-order valence-corrected chi connectivity index (χ2v) is 5.79. The first kappa shape index (κ1) is 15.3. The third-order valence-corrected chi connectivity index (χ3v) is 3.98. The summed E-state index contributed by atoms with van der Waals surface area (Å²) in [6, 6.07) is 1.91. The molecule has 0 N–H and O–H groups in total. The summed E-state index contributed by atoms with van der Waals surface area (Å²) in [5.74, 6) is 0.340. The quantitative estimate of drug-likeness (QED) is 0.747. The molecule has 0 fully saturated rings. The van der Waals surface area contributed by atoms with Gasteiger partial charge in [0.05, 0.1) is 16.4 Å². The molecular weight excluding hydrogens is 293 g/mol. The number of hydrogen-bond donors (Lipinski definition) is 0. The summed E-state index contributed by atoms with van der Waals surface area (Å²) in [6.45, 7) is 9.16. The number of halogens is 2. The Morgan fingerprint density at radius 2 is 1.95 bits per heavy atom. The van der Waals surface area contributed by atoms with Crippen LogP contribution in [-0.4, -0.2) is 14.8 Å². The average Bonchev–Trinajstić information content (AvgIpc) is 2.75. The van der Waals surface area contributed by atoms with Gasteiger partial charge < -0.3 is 0 Å². The molecule has 2 aromatic rings. The van der Waals surface area contributed by atoms with Crippen molar-refractivity contribution in [3.05, 3.63) is 33.7 Å². The Hall–Kier alpha value is -1.06. The highest BCUT2D eigenvalue weighted by Crippen LogP contribution is 2.36. The normalized spacial score (nSPS) is 11.3. The Morgan fingerprint density at radius 3 is 2.50 bits per heavy atom. The highest BCUT2D eigenvalue weighted by molar-refractivity contribution is 6.34. The number of aromatic nitrogens is 3. The van der Waals surface area contributed by atoms with Crippen LogP contribution in [0.4, 0.5) is 0 Å². The molecule has 0 saturated heterocycles. The highest BCUT2D eigenvalue weighted by Gasteiger charge is 2.20. The van der Waals surface area contributed by atoms with E-state index in [-0.39, 0.29) is 0 Å². The highest BCUT2D eigenvalue weighted by atomic mass is 35.5. The zero-order chi connectivity index (χ0) is 14.9. The lowest BCUT2D eigenvalue weighted by Crippen LogP contribution is -2.03. The van der Waals surface area contributed by atoms with Gasteiger partial charge in [0.2, 0.25) is 0 Å². The van der Waals surface area contributed by atoms with E-state index in [1.165, 1.54) is 0 Å². The third-order valence-electron chi connectivity index (χ3n) is 3.37. The van der Waals surface area contributed by atoms with E-state index in [9.17, 15) is 0 Å². The van der Waals surface area contributed by atoms with Gasteiger partial charge in [0.1, 0.15) is 5.15 Å². The van der Waals surface area contributed by atoms with Crippen LogP contribution < -0.4 is 0 Å². The Morgan fingerprint density at radius 1 is 1.25 bits per heavy atom. The molecule has 0 bridgehead atoms. The predicted molar refractivity (Wildman–Crippen MR) is 84.6 cm³/mol. The Labute approximate surface area is 129 Å². The average molecular weight is 312 g/mol. The Balaban J connectivity index is 2.71. The van der Waals surface area contributed by atoms with Gasteiger partial charge in [-0.05, 0) is 30.9 Å². The molecule has 0 spiro atoms. The third kappa shape index (κ3) is 2.70. The molecule has 3 nitrogen and oxygen atoms in total. The van der Waals surface area contributed by atoms with E-state index >= 15 is 0 Å². The van der Waals surface area contributed by atoms with Crippen molar-refractivity contribution in [2.24, 2.45) is 0 Å². The van der Waals surface area contributed by atoms with E-state index < -0.39 is 0 Å². The summed E-state index contributed by atoms with van der Waals surface area (Å²) >= 11 is 12.5. The molecule has 0 aliphatic rings. The maximum absolute atomic E-state index is 6.52. The van der Waals surface area contributed by atoms with Crippen molar-refractivity contribution < 1.29 is 0 Å². The Kier molecular flexibility index (Phi) is 4.71. The smallest absolute Gasteiger partial charge is 0.129 e. The maximum Gasteiger partial charge on any atom is 0.129 e. The molecule has 20 heavy (non-hydrogen) atoms. The van der Waals surface area contributed by atoms with Gasteiger partial charge in [-0.15, -0.1) is 0 Å². The maximum atomic E-state index is 6.52. The molecule has 2 aromatic heterocycles. The van der Waals surface area contributed by atoms with Crippen LogP contribution in [0.5, 0.6) is 0 Å². The van der Waals surface area contributed by atoms with E-state index in [0.29, 0.717) is 11.1 Å². The summed E-state index contributed by atoms with van der Waals surface area (Å²) in [5, 5.41) is 5.80. The fourth-order valence-corrected chi connectivity index (χ4v) is 2.86. The lowest BCUT2D eigenvalue weighted by Gasteiger charge is -2.14. The van der Waals surface area contributed by atoms with E-state index in [1.54, 1.807) is 6.20 Å². The summed E-state index contributed by atoms with van der Waals surface area (Å²) in [5.41, 5.74) is 4.03. The summed E-state index contributed by atoms with van der Waals surface area (Å²) in [6.07, 6.45) is 2.61. The first-order chi connectivity index (χ1) is 9.49. The van der Waals surface area contributed by atoms with Crippen molar-refractivity contribution >= 4 is 23.2 Å². The van der Waals surface area contributed by atoms with Crippen LogP contribution in [0.3, 0.4) is 0 Å². The second-order valence-electron chi connectivity index (χ2n) is 5.03. The number of nitrogens with zero attached hydrogens (tertiary/aromatic N) is 3. The van der Waals surface area contributed by atoms with Gasteiger partial charge in [-0.1, -0.05) is 44.0 Å². The van der Waals surface area contributed by atoms with Crippen LogP contribution in [0.25, 0.3) is 11.3 Å². The summed E-state index contributed by atoms with van der Waals surface area (Å²) in [4.78, 5) is 4.22. The SMILES string of the molecule is CCc1nn(CC)c(-c2cnc(Cl)cc2C(C)C)c1Cl. The van der Waals surface area contributed by atoms with E-state index in [2.05, 4.69) is 37.8 Å². The monoisotopic (exact) mass is 311 g/mol. The lowest BCUT2D eigenvalue weighted by atomic mass is 9.97. The van der Waals surface area contributed by atoms with Gasteiger partial charge >= 0.3 is 0 Å². The number of pyridine rings is 1. The minimum Gasteiger partial charge on any atom is -0.263 e. The molecule has 0 amide bonds. The second kappa shape index (κ2) is 6.15. The first-order valence-electron chi connectivity index (χ1n) is 6.90. The standard InChI is InChI=1S/C15H19Cl2N3/c1-5-12-14(17)15(20(6-2)19-12)11-8-18-13(16)7-10(11)9(3)4/h7-9H,5-6H2,1-4H3. The van der Waals surface area contributed by atoms with E-state index in [0.717, 1.165) is 40.5 Å². The fraction of sp³-hybridized carbons (Fsp3) is 0.467. The molecule has 2 rings (SSSR count). The van der Waals surface area contributed by atoms with Crippen molar-refractivity contribution in [3.8, 4) is 11.3 Å². The van der Waals surface area contributed by atoms with Gasteiger partial charge in [-0.25, -0.2) is 4.98 Å². The number of hydrogen-bond acceptors (Lipinski definition) is 2. The van der Waals surface area contributed by atoms with Gasteiger partial charge in [0.25, 0.3) is 0 Å². The van der Waals surface area contributed by atoms with Crippen molar-refractivity contribution in [3.63, 3.8) is 0 Å². The van der Waals surface area contributed by atoms with Crippen molar-refractivity contribution in [1.29, 1.82) is 0 Å². The first-order valence-corrected chi connectivity index (χ1v) is 7.66. The predicted octanol–water partition coefficient (Wildman–Crippen LogP) is 4.96. The van der Waals surface area contributed by atoms with Gasteiger partial charge in [-0.3, -0.25) is 4.68 Å². The van der Waals surface area contributed by atoms with Crippen molar-refractivity contribution in [1.82, 2.24) is 14.8 Å². The molecule has 0 radical (unpaired) electrons. The molecule has 0 atom stereocenters. The van der Waals surface area contributed by atoms with E-state index in [4.69, 9.17) is 23.2 Å². The zero-order valence-electron chi connectivity index (χ0n) is 12.2. The molecule has 5 heteroatoms. The van der Waals surface area contributed by atoms with E-state index in [1.807, 2.05) is 10.7 Å². The summed E-state index contributed by atoms with van der Waals surface area (Å²) < 4.78 is 1.94. The minimum absolute atomic E-state index is 0.340. The molecule has 0 aromatic carbocycles. The molecule has 0 unspecified atom stereocenters. The van der Waals surface area contributed by atoms with Crippen LogP contribution in [0, 0.1) is 0 Å². The van der Waals surface area contributed by atoms with Crippen LogP contribution in [0.1, 0.15) is 44.9 Å². The topological polar surface area (TPSA) is 30.7 Å². The zero-order valence-corrected chi connectivity index (χ0v) is 13.8. The van der Waals surface area contributed by atoms with Crippen LogP contribution in [0.15, 0.2) is 12.3 Å². The van der Waals surface area contributed by atoms with Gasteiger partial charge in [0, 0.05) is 18.3 Å². The molecule has 2 heterocycles. The van der Waals surface area contributed by atoms with Gasteiger partial charge in [-0.2, -0.15) is 5.10 Å². The van der Waals surface area contributed by atoms with Crippen molar-refractivity contribution in [2.45, 2.75) is 46.6 Å². The van der Waals surface area contributed by atoms with Crippen LogP contribution >= 0.6 is 23.2 Å². The van der Waals surface area contributed by atoms with Crippen molar-refractivity contribution in [2.75, 3.05) is 0 Å². The number of aryl methyl sites for hydroxylation is 2. The molecule has 0 aliphatic carbocycles. The lowest BCUT2D eigenvalue weighted by molar-refractivity contribution is 0.654. The molecule has 0 aliphatic heterocycles. The Bertz CT molecular complexity index is 618. The largest absolute Gasteiger partial charge is 0.263 e. The summed E-state index contributed by atoms with van der Waals surface area (Å²) in [7, 11) is 0.